The van der Waals surface area contributed by atoms with Crippen LogP contribution in [0.25, 0.3) is 5.69 Å². The lowest BCUT2D eigenvalue weighted by atomic mass is 10.1. The first-order valence-corrected chi connectivity index (χ1v) is 10.8. The minimum absolute atomic E-state index is 0.113. The van der Waals surface area contributed by atoms with Crippen LogP contribution >= 0.6 is 0 Å². The molecule has 3 heterocycles. The van der Waals surface area contributed by atoms with Crippen molar-refractivity contribution >= 4 is 29.4 Å². The molecule has 0 bridgehead atoms. The van der Waals surface area contributed by atoms with Crippen LogP contribution in [0.4, 0.5) is 16.0 Å². The van der Waals surface area contributed by atoms with E-state index in [1.165, 1.54) is 11.0 Å². The van der Waals surface area contributed by atoms with Crippen LogP contribution in [0.15, 0.2) is 60.9 Å². The Labute approximate surface area is 189 Å². The van der Waals surface area contributed by atoms with E-state index in [1.807, 2.05) is 4.90 Å². The summed E-state index contributed by atoms with van der Waals surface area (Å²) >= 11 is 0. The zero-order valence-corrected chi connectivity index (χ0v) is 17.9. The fraction of sp³-hybridized carbons (Fsp3) is 0.250. The van der Waals surface area contributed by atoms with Gasteiger partial charge in [-0.05, 0) is 36.4 Å². The summed E-state index contributed by atoms with van der Waals surface area (Å²) in [5.41, 5.74) is 1.42. The maximum absolute atomic E-state index is 14.3. The SMILES string of the molecule is O=C(c1ccc(N2C(=O)CCC2=O)cc1)N1CCN(c2nccn2-c2ccccc2F)CC1. The predicted octanol–water partition coefficient (Wildman–Crippen LogP) is 2.63. The summed E-state index contributed by atoms with van der Waals surface area (Å²) in [5.74, 6) is -0.242. The zero-order chi connectivity index (χ0) is 22.9. The molecule has 0 atom stereocenters. The van der Waals surface area contributed by atoms with Crippen LogP contribution in [0, 0.1) is 5.82 Å². The minimum Gasteiger partial charge on any atom is -0.338 e. The molecule has 2 fully saturated rings. The summed E-state index contributed by atoms with van der Waals surface area (Å²) in [6, 6.07) is 13.1. The van der Waals surface area contributed by atoms with Crippen LogP contribution in [0.5, 0.6) is 0 Å². The van der Waals surface area contributed by atoms with E-state index in [1.54, 1.807) is 64.3 Å². The molecule has 1 aromatic heterocycles. The smallest absolute Gasteiger partial charge is 0.253 e. The molecule has 168 valence electrons. The second-order valence-electron chi connectivity index (χ2n) is 8.00. The molecule has 0 unspecified atom stereocenters. The topological polar surface area (TPSA) is 78.8 Å². The Morgan fingerprint density at radius 1 is 0.879 bits per heavy atom. The van der Waals surface area contributed by atoms with Crippen LogP contribution in [0.1, 0.15) is 23.2 Å². The van der Waals surface area contributed by atoms with Crippen LogP contribution in [0.3, 0.4) is 0 Å². The second kappa shape index (κ2) is 8.50. The van der Waals surface area contributed by atoms with E-state index in [-0.39, 0.29) is 36.4 Å². The Hall–Kier alpha value is -4.01. The zero-order valence-electron chi connectivity index (χ0n) is 17.9. The molecular formula is C24H22FN5O3. The lowest BCUT2D eigenvalue weighted by Crippen LogP contribution is -2.49. The summed E-state index contributed by atoms with van der Waals surface area (Å²) < 4.78 is 16.0. The highest BCUT2D eigenvalue weighted by Gasteiger charge is 2.30. The number of carbonyl (C=O) groups is 3. The first-order chi connectivity index (χ1) is 16.0. The van der Waals surface area contributed by atoms with E-state index >= 15 is 0 Å². The van der Waals surface area contributed by atoms with E-state index in [4.69, 9.17) is 0 Å². The molecule has 3 aromatic rings. The van der Waals surface area contributed by atoms with Gasteiger partial charge in [0.05, 0.1) is 11.4 Å². The Kier molecular flexibility index (Phi) is 5.37. The highest BCUT2D eigenvalue weighted by atomic mass is 19.1. The number of aromatic nitrogens is 2. The molecule has 2 aliphatic rings. The Balaban J connectivity index is 1.25. The summed E-state index contributed by atoms with van der Waals surface area (Å²) in [6.45, 7) is 2.11. The van der Waals surface area contributed by atoms with Gasteiger partial charge < -0.3 is 9.80 Å². The minimum atomic E-state index is -0.327. The lowest BCUT2D eigenvalue weighted by molar-refractivity contribution is -0.121. The number of piperazine rings is 1. The molecular weight excluding hydrogens is 425 g/mol. The quantitative estimate of drug-likeness (QED) is 0.575. The van der Waals surface area contributed by atoms with E-state index in [2.05, 4.69) is 4.98 Å². The number of halogens is 1. The molecule has 0 saturated carbocycles. The summed E-state index contributed by atoms with van der Waals surface area (Å²) in [4.78, 5) is 46.2. The molecule has 5 rings (SSSR count). The van der Waals surface area contributed by atoms with E-state index < -0.39 is 0 Å². The molecule has 8 nitrogen and oxygen atoms in total. The summed E-state index contributed by atoms with van der Waals surface area (Å²) in [6.07, 6.45) is 3.80. The van der Waals surface area contributed by atoms with Gasteiger partial charge in [-0.15, -0.1) is 0 Å². The van der Waals surface area contributed by atoms with Crippen LogP contribution in [-0.2, 0) is 9.59 Å². The molecule has 33 heavy (non-hydrogen) atoms. The van der Waals surface area contributed by atoms with Gasteiger partial charge in [-0.1, -0.05) is 12.1 Å². The average Bonchev–Trinajstić information content (AvgIpc) is 3.45. The fourth-order valence-electron chi connectivity index (χ4n) is 4.27. The van der Waals surface area contributed by atoms with Gasteiger partial charge in [0.25, 0.3) is 5.91 Å². The number of hydrogen-bond acceptors (Lipinski definition) is 5. The van der Waals surface area contributed by atoms with E-state index in [9.17, 15) is 18.8 Å². The molecule has 9 heteroatoms. The van der Waals surface area contributed by atoms with Gasteiger partial charge in [-0.25, -0.2) is 9.37 Å². The third kappa shape index (κ3) is 3.86. The molecule has 0 N–H and O–H groups in total. The van der Waals surface area contributed by atoms with Crippen molar-refractivity contribution in [3.63, 3.8) is 0 Å². The monoisotopic (exact) mass is 447 g/mol. The molecule has 0 radical (unpaired) electrons. The van der Waals surface area contributed by atoms with Gasteiger partial charge >= 0.3 is 0 Å². The highest BCUT2D eigenvalue weighted by Crippen LogP contribution is 2.24. The predicted molar refractivity (Wildman–Crippen MR) is 120 cm³/mol. The van der Waals surface area contributed by atoms with Crippen LogP contribution < -0.4 is 9.80 Å². The maximum atomic E-state index is 14.3. The standard InChI is InChI=1S/C24H22FN5O3/c25-19-3-1-2-4-20(19)29-12-11-26-24(29)28-15-13-27(14-16-28)23(33)17-5-7-18(8-6-17)30-21(31)9-10-22(30)32/h1-8,11-12H,9-10,13-16H2. The molecule has 0 aliphatic carbocycles. The van der Waals surface area contributed by atoms with Gasteiger partial charge in [0.1, 0.15) is 5.82 Å². The molecule has 3 amide bonds. The molecule has 0 spiro atoms. The van der Waals surface area contributed by atoms with Crippen molar-refractivity contribution < 1.29 is 18.8 Å². The average molecular weight is 447 g/mol. The number of imide groups is 1. The van der Waals surface area contributed by atoms with Crippen molar-refractivity contribution in [3.8, 4) is 5.69 Å². The van der Waals surface area contributed by atoms with Crippen molar-refractivity contribution in [2.75, 3.05) is 36.0 Å². The van der Waals surface area contributed by atoms with Gasteiger partial charge in [0.2, 0.25) is 17.8 Å². The van der Waals surface area contributed by atoms with Crippen molar-refractivity contribution in [3.05, 3.63) is 72.3 Å². The van der Waals surface area contributed by atoms with Crippen molar-refractivity contribution in [1.29, 1.82) is 0 Å². The Morgan fingerprint density at radius 2 is 1.55 bits per heavy atom. The number of amides is 3. The molecule has 2 aromatic carbocycles. The second-order valence-corrected chi connectivity index (χ2v) is 8.00. The van der Waals surface area contributed by atoms with E-state index in [0.717, 1.165) is 0 Å². The Morgan fingerprint density at radius 3 is 2.21 bits per heavy atom. The molecule has 2 aliphatic heterocycles. The molecule has 2 saturated heterocycles. The third-order valence-electron chi connectivity index (χ3n) is 6.01. The number of rotatable bonds is 4. The lowest BCUT2D eigenvalue weighted by Gasteiger charge is -2.35. The highest BCUT2D eigenvalue weighted by molar-refractivity contribution is 6.19. The Bertz CT molecular complexity index is 1200. The first kappa shape index (κ1) is 20.9. The largest absolute Gasteiger partial charge is 0.338 e. The number of anilines is 2. The number of imidazole rings is 1. The summed E-state index contributed by atoms with van der Waals surface area (Å²) in [7, 11) is 0. The van der Waals surface area contributed by atoms with Gasteiger partial charge in [-0.2, -0.15) is 0 Å². The van der Waals surface area contributed by atoms with Crippen LogP contribution in [0.2, 0.25) is 0 Å². The van der Waals surface area contributed by atoms with Crippen molar-refractivity contribution in [2.24, 2.45) is 0 Å². The normalized spacial score (nSPS) is 16.6. The third-order valence-corrected chi connectivity index (χ3v) is 6.01. The fourth-order valence-corrected chi connectivity index (χ4v) is 4.27. The van der Waals surface area contributed by atoms with Gasteiger partial charge in [0.15, 0.2) is 0 Å². The number of hydrogen-bond donors (Lipinski definition) is 0. The number of para-hydroxylation sites is 1. The van der Waals surface area contributed by atoms with Crippen molar-refractivity contribution in [1.82, 2.24) is 14.5 Å². The summed E-state index contributed by atoms with van der Waals surface area (Å²) in [5, 5.41) is 0. The van der Waals surface area contributed by atoms with Gasteiger partial charge in [0, 0.05) is 57.0 Å². The van der Waals surface area contributed by atoms with Crippen LogP contribution in [-0.4, -0.2) is 58.4 Å². The maximum Gasteiger partial charge on any atom is 0.253 e. The first-order valence-electron chi connectivity index (χ1n) is 10.8. The number of benzene rings is 2. The van der Waals surface area contributed by atoms with E-state index in [0.29, 0.717) is 49.1 Å². The van der Waals surface area contributed by atoms with Gasteiger partial charge in [-0.3, -0.25) is 23.9 Å². The van der Waals surface area contributed by atoms with Crippen molar-refractivity contribution in [2.45, 2.75) is 12.8 Å². The number of nitrogens with zero attached hydrogens (tertiary/aromatic N) is 5. The number of carbonyl (C=O) groups excluding carboxylic acids is 3.